The summed E-state index contributed by atoms with van der Waals surface area (Å²) in [6.07, 6.45) is 7.26. The highest BCUT2D eigenvalue weighted by Crippen LogP contribution is 2.33. The van der Waals surface area contributed by atoms with Crippen LogP contribution in [0.3, 0.4) is 0 Å². The Morgan fingerprint density at radius 1 is 1.17 bits per heavy atom. The molecule has 1 amide bonds. The largest absolute Gasteiger partial charge is 0.343 e. The van der Waals surface area contributed by atoms with Crippen LogP contribution >= 0.6 is 0 Å². The fraction of sp³-hybridized carbons (Fsp3) is 0.417. The zero-order valence-electron chi connectivity index (χ0n) is 16.9. The molecule has 5 heteroatoms. The van der Waals surface area contributed by atoms with E-state index in [0.717, 1.165) is 43.4 Å². The highest BCUT2D eigenvalue weighted by molar-refractivity contribution is 5.94. The Bertz CT molecular complexity index is 1010. The van der Waals surface area contributed by atoms with Gasteiger partial charge in [-0.1, -0.05) is 37.3 Å². The van der Waals surface area contributed by atoms with Gasteiger partial charge in [0, 0.05) is 48.9 Å². The molecule has 1 aromatic carbocycles. The molecule has 1 saturated carbocycles. The third-order valence-corrected chi connectivity index (χ3v) is 6.41. The van der Waals surface area contributed by atoms with E-state index >= 15 is 0 Å². The van der Waals surface area contributed by atoms with E-state index in [0.29, 0.717) is 17.8 Å². The first-order valence-electron chi connectivity index (χ1n) is 10.7. The number of piperidine rings is 1. The zero-order valence-corrected chi connectivity index (χ0v) is 16.9. The third kappa shape index (κ3) is 3.92. The number of nitrogens with one attached hydrogen (secondary N) is 1. The summed E-state index contributed by atoms with van der Waals surface area (Å²) in [6, 6.07) is 15.3. The molecular weight excluding hydrogens is 360 g/mol. The standard InChI is InChI=1S/C24H28N4O/c1-17-9-11-27(15-18-5-3-2-4-6-18)16-22(17)28-12-10-20-14-25-23(13-21(20)28)26-24(29)19-7-8-19/h2-6,10,12-14,17,19,22H,7-9,11,15-16H2,1H3,(H,25,26,29). The Hall–Kier alpha value is -2.66. The van der Waals surface area contributed by atoms with Crippen LogP contribution in [0.25, 0.3) is 10.9 Å². The Balaban J connectivity index is 1.38. The SMILES string of the molecule is CC1CCN(Cc2ccccc2)CC1n1ccc2cnc(NC(=O)C3CC3)cc21. The molecule has 1 saturated heterocycles. The number of carbonyl (C=O) groups excluding carboxylic acids is 1. The molecule has 150 valence electrons. The van der Waals surface area contributed by atoms with Gasteiger partial charge in [-0.15, -0.1) is 0 Å². The van der Waals surface area contributed by atoms with Crippen LogP contribution in [-0.2, 0) is 11.3 Å². The van der Waals surface area contributed by atoms with Crippen LogP contribution < -0.4 is 5.32 Å². The Morgan fingerprint density at radius 3 is 2.79 bits per heavy atom. The van der Waals surface area contributed by atoms with Gasteiger partial charge in [-0.2, -0.15) is 0 Å². The minimum absolute atomic E-state index is 0.107. The molecule has 0 radical (unpaired) electrons. The normalized spacial score (nSPS) is 22.7. The van der Waals surface area contributed by atoms with E-state index in [2.05, 4.69) is 69.3 Å². The van der Waals surface area contributed by atoms with E-state index in [1.807, 2.05) is 12.3 Å². The summed E-state index contributed by atoms with van der Waals surface area (Å²) in [6.45, 7) is 5.52. The number of anilines is 1. The number of rotatable bonds is 5. The van der Waals surface area contributed by atoms with E-state index in [4.69, 9.17) is 0 Å². The van der Waals surface area contributed by atoms with Gasteiger partial charge in [0.25, 0.3) is 0 Å². The van der Waals surface area contributed by atoms with E-state index in [-0.39, 0.29) is 11.8 Å². The van der Waals surface area contributed by atoms with Crippen LogP contribution in [0.4, 0.5) is 5.82 Å². The van der Waals surface area contributed by atoms with Crippen molar-refractivity contribution in [3.63, 3.8) is 0 Å². The average Bonchev–Trinajstić information content (AvgIpc) is 3.51. The molecule has 2 fully saturated rings. The highest BCUT2D eigenvalue weighted by Gasteiger charge is 2.30. The smallest absolute Gasteiger partial charge is 0.228 e. The van der Waals surface area contributed by atoms with Crippen molar-refractivity contribution in [2.45, 2.75) is 38.8 Å². The van der Waals surface area contributed by atoms with E-state index in [1.54, 1.807) is 0 Å². The summed E-state index contributed by atoms with van der Waals surface area (Å²) in [5.41, 5.74) is 2.52. The summed E-state index contributed by atoms with van der Waals surface area (Å²) in [7, 11) is 0. The van der Waals surface area contributed by atoms with E-state index in [9.17, 15) is 4.79 Å². The number of benzene rings is 1. The van der Waals surface area contributed by atoms with Crippen molar-refractivity contribution >= 4 is 22.6 Å². The number of fused-ring (bicyclic) bond motifs is 1. The van der Waals surface area contributed by atoms with E-state index in [1.165, 1.54) is 12.0 Å². The number of amides is 1. The van der Waals surface area contributed by atoms with Crippen LogP contribution in [-0.4, -0.2) is 33.4 Å². The predicted molar refractivity (Wildman–Crippen MR) is 116 cm³/mol. The molecule has 1 aliphatic heterocycles. The van der Waals surface area contributed by atoms with Crippen molar-refractivity contribution in [1.29, 1.82) is 0 Å². The molecular formula is C24H28N4O. The molecule has 1 aliphatic carbocycles. The van der Waals surface area contributed by atoms with Gasteiger partial charge in [-0.3, -0.25) is 9.69 Å². The maximum atomic E-state index is 12.1. The van der Waals surface area contributed by atoms with Crippen molar-refractivity contribution in [2.75, 3.05) is 18.4 Å². The molecule has 2 aliphatic rings. The maximum Gasteiger partial charge on any atom is 0.228 e. The molecule has 2 unspecified atom stereocenters. The van der Waals surface area contributed by atoms with Gasteiger partial charge in [-0.25, -0.2) is 4.98 Å². The van der Waals surface area contributed by atoms with E-state index < -0.39 is 0 Å². The predicted octanol–water partition coefficient (Wildman–Crippen LogP) is 4.47. The molecule has 5 rings (SSSR count). The number of pyridine rings is 1. The molecule has 3 heterocycles. The Labute approximate surface area is 171 Å². The lowest BCUT2D eigenvalue weighted by Gasteiger charge is -2.38. The quantitative estimate of drug-likeness (QED) is 0.702. The molecule has 5 nitrogen and oxygen atoms in total. The molecule has 1 N–H and O–H groups in total. The lowest BCUT2D eigenvalue weighted by molar-refractivity contribution is -0.117. The summed E-state index contributed by atoms with van der Waals surface area (Å²) in [5.74, 6) is 1.56. The topological polar surface area (TPSA) is 50.2 Å². The van der Waals surface area contributed by atoms with Gasteiger partial charge in [0.05, 0.1) is 5.52 Å². The van der Waals surface area contributed by atoms with Gasteiger partial charge < -0.3 is 9.88 Å². The fourth-order valence-corrected chi connectivity index (χ4v) is 4.44. The first-order chi connectivity index (χ1) is 14.2. The fourth-order valence-electron chi connectivity index (χ4n) is 4.44. The second-order valence-electron chi connectivity index (χ2n) is 8.67. The first kappa shape index (κ1) is 18.4. The lowest BCUT2D eigenvalue weighted by Crippen LogP contribution is -2.40. The van der Waals surface area contributed by atoms with Gasteiger partial charge in [0.15, 0.2) is 0 Å². The number of likely N-dealkylation sites (tertiary alicyclic amines) is 1. The van der Waals surface area contributed by atoms with Crippen LogP contribution in [0.1, 0.15) is 37.8 Å². The molecule has 3 aromatic rings. The minimum atomic E-state index is 0.107. The number of hydrogen-bond donors (Lipinski definition) is 1. The molecule has 0 bridgehead atoms. The van der Waals surface area contributed by atoms with Crippen molar-refractivity contribution in [3.8, 4) is 0 Å². The van der Waals surface area contributed by atoms with Gasteiger partial charge in [-0.05, 0) is 43.4 Å². The van der Waals surface area contributed by atoms with Crippen LogP contribution in [0.15, 0.2) is 54.9 Å². The van der Waals surface area contributed by atoms with Crippen molar-refractivity contribution < 1.29 is 4.79 Å². The number of aromatic nitrogens is 2. The summed E-state index contributed by atoms with van der Waals surface area (Å²) >= 11 is 0. The van der Waals surface area contributed by atoms with Crippen LogP contribution in [0.5, 0.6) is 0 Å². The molecule has 2 atom stereocenters. The lowest BCUT2D eigenvalue weighted by atomic mass is 9.92. The van der Waals surface area contributed by atoms with Crippen molar-refractivity contribution in [3.05, 3.63) is 60.4 Å². The summed E-state index contributed by atoms with van der Waals surface area (Å²) in [5, 5.41) is 4.12. The Morgan fingerprint density at radius 2 is 2.00 bits per heavy atom. The molecule has 2 aromatic heterocycles. The van der Waals surface area contributed by atoms with Gasteiger partial charge in [0.1, 0.15) is 5.82 Å². The average molecular weight is 389 g/mol. The van der Waals surface area contributed by atoms with Gasteiger partial charge >= 0.3 is 0 Å². The third-order valence-electron chi connectivity index (χ3n) is 6.41. The second-order valence-corrected chi connectivity index (χ2v) is 8.67. The van der Waals surface area contributed by atoms with Crippen molar-refractivity contribution in [2.24, 2.45) is 11.8 Å². The number of nitrogens with zero attached hydrogens (tertiary/aromatic N) is 3. The summed E-state index contributed by atoms with van der Waals surface area (Å²) in [4.78, 5) is 19.1. The van der Waals surface area contributed by atoms with Crippen LogP contribution in [0.2, 0.25) is 0 Å². The van der Waals surface area contributed by atoms with Crippen molar-refractivity contribution in [1.82, 2.24) is 14.5 Å². The van der Waals surface area contributed by atoms with Gasteiger partial charge in [0.2, 0.25) is 5.91 Å². The monoisotopic (exact) mass is 388 g/mol. The highest BCUT2D eigenvalue weighted by atomic mass is 16.2. The second kappa shape index (κ2) is 7.64. The minimum Gasteiger partial charge on any atom is -0.343 e. The summed E-state index contributed by atoms with van der Waals surface area (Å²) < 4.78 is 2.39. The molecule has 29 heavy (non-hydrogen) atoms. The van der Waals surface area contributed by atoms with Crippen LogP contribution in [0, 0.1) is 11.8 Å². The number of carbonyl (C=O) groups is 1. The number of hydrogen-bond acceptors (Lipinski definition) is 3. The molecule has 0 spiro atoms. The Kier molecular flexibility index (Phi) is 4.84. The maximum absolute atomic E-state index is 12.1. The zero-order chi connectivity index (χ0) is 19.8. The first-order valence-corrected chi connectivity index (χ1v) is 10.7.